The summed E-state index contributed by atoms with van der Waals surface area (Å²) in [6.45, 7) is 6.64. The van der Waals surface area contributed by atoms with E-state index in [9.17, 15) is 14.4 Å². The molecule has 0 heterocycles. The molecule has 0 aromatic carbocycles. The molecule has 6 nitrogen and oxygen atoms in total. The van der Waals surface area contributed by atoms with Gasteiger partial charge in [0.15, 0.2) is 6.10 Å². The zero-order valence-corrected chi connectivity index (χ0v) is 53.2. The maximum Gasteiger partial charge on any atom is 0.306 e. The highest BCUT2D eigenvalue weighted by Crippen LogP contribution is 2.18. The number of esters is 3. The molecule has 0 aromatic heterocycles. The molecular formula is C73H134O6. The van der Waals surface area contributed by atoms with Gasteiger partial charge in [0.2, 0.25) is 0 Å². The molecule has 0 fully saturated rings. The van der Waals surface area contributed by atoms with E-state index in [2.05, 4.69) is 69.4 Å². The Morgan fingerprint density at radius 2 is 0.456 bits per heavy atom. The van der Waals surface area contributed by atoms with Crippen LogP contribution in [0.1, 0.15) is 380 Å². The number of unbranched alkanes of at least 4 members (excludes halogenated alkanes) is 46. The van der Waals surface area contributed by atoms with Crippen LogP contribution in [0, 0.1) is 0 Å². The monoisotopic (exact) mass is 1110 g/mol. The van der Waals surface area contributed by atoms with Crippen LogP contribution in [0.3, 0.4) is 0 Å². The summed E-state index contributed by atoms with van der Waals surface area (Å²) in [4.78, 5) is 38.2. The lowest BCUT2D eigenvalue weighted by Crippen LogP contribution is -2.30. The van der Waals surface area contributed by atoms with Gasteiger partial charge in [-0.1, -0.05) is 326 Å². The second kappa shape index (κ2) is 67.9. The number of hydrogen-bond donors (Lipinski definition) is 0. The predicted octanol–water partition coefficient (Wildman–Crippen LogP) is 24.1. The Labute approximate surface area is 492 Å². The second-order valence-electron chi connectivity index (χ2n) is 23.8. The molecule has 0 spiro atoms. The number of carbonyl (C=O) groups excluding carboxylic acids is 3. The highest BCUT2D eigenvalue weighted by atomic mass is 16.6. The summed E-state index contributed by atoms with van der Waals surface area (Å²) in [5.41, 5.74) is 0. The predicted molar refractivity (Wildman–Crippen MR) is 344 cm³/mol. The Bertz CT molecular complexity index is 1360. The molecular weight excluding hydrogens is 973 g/mol. The minimum Gasteiger partial charge on any atom is -0.462 e. The Morgan fingerprint density at radius 3 is 0.722 bits per heavy atom. The molecule has 0 amide bonds. The van der Waals surface area contributed by atoms with Crippen molar-refractivity contribution in [1.29, 1.82) is 0 Å². The van der Waals surface area contributed by atoms with Crippen molar-refractivity contribution in [1.82, 2.24) is 0 Å². The van der Waals surface area contributed by atoms with Crippen LogP contribution >= 0.6 is 0 Å². The summed E-state index contributed by atoms with van der Waals surface area (Å²) >= 11 is 0. The molecule has 1 unspecified atom stereocenters. The van der Waals surface area contributed by atoms with Crippen LogP contribution in [0.25, 0.3) is 0 Å². The van der Waals surface area contributed by atoms with Crippen LogP contribution in [0.15, 0.2) is 48.6 Å². The van der Waals surface area contributed by atoms with E-state index in [-0.39, 0.29) is 31.1 Å². The van der Waals surface area contributed by atoms with Crippen LogP contribution in [0.5, 0.6) is 0 Å². The zero-order chi connectivity index (χ0) is 57.1. The lowest BCUT2D eigenvalue weighted by Gasteiger charge is -2.18. The van der Waals surface area contributed by atoms with E-state index in [1.807, 2.05) is 0 Å². The van der Waals surface area contributed by atoms with Gasteiger partial charge in [-0.15, -0.1) is 0 Å². The van der Waals surface area contributed by atoms with Crippen molar-refractivity contribution < 1.29 is 28.6 Å². The van der Waals surface area contributed by atoms with Gasteiger partial charge in [0.25, 0.3) is 0 Å². The topological polar surface area (TPSA) is 78.9 Å². The van der Waals surface area contributed by atoms with Crippen LogP contribution < -0.4 is 0 Å². The molecule has 79 heavy (non-hydrogen) atoms. The van der Waals surface area contributed by atoms with Crippen LogP contribution in [-0.2, 0) is 28.6 Å². The molecule has 0 aliphatic carbocycles. The first-order valence-corrected chi connectivity index (χ1v) is 35.1. The minimum atomic E-state index is -0.771. The van der Waals surface area contributed by atoms with Gasteiger partial charge in [0, 0.05) is 19.3 Å². The van der Waals surface area contributed by atoms with Crippen molar-refractivity contribution in [3.63, 3.8) is 0 Å². The quantitative estimate of drug-likeness (QED) is 0.0261. The Hall–Kier alpha value is -2.63. The minimum absolute atomic E-state index is 0.0695. The first-order chi connectivity index (χ1) is 39.0. The molecule has 1 atom stereocenters. The van der Waals surface area contributed by atoms with Crippen LogP contribution in [-0.4, -0.2) is 37.2 Å². The maximum atomic E-state index is 12.9. The largest absolute Gasteiger partial charge is 0.462 e. The van der Waals surface area contributed by atoms with Crippen molar-refractivity contribution in [2.75, 3.05) is 13.2 Å². The lowest BCUT2D eigenvalue weighted by molar-refractivity contribution is -0.167. The fourth-order valence-corrected chi connectivity index (χ4v) is 10.5. The summed E-state index contributed by atoms with van der Waals surface area (Å²) < 4.78 is 16.9. The van der Waals surface area contributed by atoms with Gasteiger partial charge < -0.3 is 14.2 Å². The molecule has 0 aliphatic heterocycles. The van der Waals surface area contributed by atoms with Gasteiger partial charge in [0.1, 0.15) is 13.2 Å². The van der Waals surface area contributed by atoms with E-state index < -0.39 is 6.10 Å². The fraction of sp³-hybridized carbons (Fsp3) is 0.849. The van der Waals surface area contributed by atoms with E-state index in [4.69, 9.17) is 14.2 Å². The third-order valence-electron chi connectivity index (χ3n) is 15.8. The van der Waals surface area contributed by atoms with Crippen molar-refractivity contribution >= 4 is 17.9 Å². The standard InChI is InChI=1S/C73H134O6/c1-4-7-10-13-16-19-21-23-25-27-29-30-31-32-33-34-35-36-37-38-39-40-41-42-44-45-47-49-51-54-57-60-63-66-72(75)78-69-70(68-77-71(74)65-62-59-56-53-18-15-12-9-6-3)79-73(76)67-64-61-58-55-52-50-48-46-43-28-26-24-22-20-17-14-11-8-5-2/h17,20-21,23-24,26-27,29,70H,4-16,18-19,22,25,28,30-69H2,1-3H3/b20-17-,23-21-,26-24-,29-27-. The van der Waals surface area contributed by atoms with Gasteiger partial charge >= 0.3 is 17.9 Å². The Balaban J connectivity index is 4.04. The van der Waals surface area contributed by atoms with Crippen molar-refractivity contribution in [3.8, 4) is 0 Å². The molecule has 462 valence electrons. The Kier molecular flexibility index (Phi) is 65.6. The number of ether oxygens (including phenoxy) is 3. The smallest absolute Gasteiger partial charge is 0.306 e. The number of allylic oxidation sites excluding steroid dienone is 8. The van der Waals surface area contributed by atoms with Crippen LogP contribution in [0.4, 0.5) is 0 Å². The van der Waals surface area contributed by atoms with E-state index in [1.54, 1.807) is 0 Å². The summed E-state index contributed by atoms with van der Waals surface area (Å²) in [6, 6.07) is 0. The van der Waals surface area contributed by atoms with E-state index >= 15 is 0 Å². The number of hydrogen-bond acceptors (Lipinski definition) is 6. The van der Waals surface area contributed by atoms with Gasteiger partial charge in [0.05, 0.1) is 0 Å². The third kappa shape index (κ3) is 66.1. The van der Waals surface area contributed by atoms with Crippen LogP contribution in [0.2, 0.25) is 0 Å². The fourth-order valence-electron chi connectivity index (χ4n) is 10.5. The highest BCUT2D eigenvalue weighted by Gasteiger charge is 2.19. The highest BCUT2D eigenvalue weighted by molar-refractivity contribution is 5.71. The molecule has 6 heteroatoms. The summed E-state index contributed by atoms with van der Waals surface area (Å²) in [6.07, 6.45) is 85.9. The molecule has 0 radical (unpaired) electrons. The zero-order valence-electron chi connectivity index (χ0n) is 53.2. The first kappa shape index (κ1) is 76.4. The van der Waals surface area contributed by atoms with E-state index in [1.165, 1.54) is 270 Å². The normalized spacial score (nSPS) is 12.3. The van der Waals surface area contributed by atoms with E-state index in [0.29, 0.717) is 19.3 Å². The number of rotatable bonds is 65. The first-order valence-electron chi connectivity index (χ1n) is 35.1. The van der Waals surface area contributed by atoms with Crippen molar-refractivity contribution in [2.45, 2.75) is 386 Å². The molecule has 0 bridgehead atoms. The number of carbonyl (C=O) groups is 3. The molecule has 0 N–H and O–H groups in total. The average molecular weight is 1110 g/mol. The molecule has 0 saturated carbocycles. The summed E-state index contributed by atoms with van der Waals surface area (Å²) in [5.74, 6) is -0.853. The molecule has 0 rings (SSSR count). The van der Waals surface area contributed by atoms with Gasteiger partial charge in [-0.05, 0) is 83.5 Å². The maximum absolute atomic E-state index is 12.9. The Morgan fingerprint density at radius 1 is 0.253 bits per heavy atom. The van der Waals surface area contributed by atoms with Gasteiger partial charge in [-0.25, -0.2) is 0 Å². The average Bonchev–Trinajstić information content (AvgIpc) is 3.45. The van der Waals surface area contributed by atoms with Crippen molar-refractivity contribution in [2.24, 2.45) is 0 Å². The van der Waals surface area contributed by atoms with Gasteiger partial charge in [-0.3, -0.25) is 14.4 Å². The van der Waals surface area contributed by atoms with Crippen molar-refractivity contribution in [3.05, 3.63) is 48.6 Å². The van der Waals surface area contributed by atoms with Gasteiger partial charge in [-0.2, -0.15) is 0 Å². The summed E-state index contributed by atoms with van der Waals surface area (Å²) in [5, 5.41) is 0. The third-order valence-corrected chi connectivity index (χ3v) is 15.8. The SMILES string of the molecule is CCCCC/C=C\C/C=C\CCCCCCCCCCCC(=O)OC(COC(=O)CCCCCCCCCCC)COC(=O)CCCCCCCCCCCCCCCCCCCCCCC/C=C\C/C=C\CCCCCCC. The molecule has 0 aromatic rings. The van der Waals surface area contributed by atoms with E-state index in [0.717, 1.165) is 70.6 Å². The summed E-state index contributed by atoms with van der Waals surface area (Å²) in [7, 11) is 0. The second-order valence-corrected chi connectivity index (χ2v) is 23.8. The molecule has 0 saturated heterocycles. The molecule has 0 aliphatic rings. The lowest BCUT2D eigenvalue weighted by atomic mass is 10.0.